The number of anilines is 1. The van der Waals surface area contributed by atoms with Crippen LogP contribution in [0.25, 0.3) is 11.4 Å². The van der Waals surface area contributed by atoms with E-state index in [0.29, 0.717) is 16.6 Å². The molecule has 6 heteroatoms. The predicted octanol–water partition coefficient (Wildman–Crippen LogP) is 3.84. The van der Waals surface area contributed by atoms with Crippen LogP contribution in [0.2, 0.25) is 5.02 Å². The van der Waals surface area contributed by atoms with Crippen molar-refractivity contribution < 1.29 is 4.74 Å². The Morgan fingerprint density at radius 3 is 2.89 bits per heavy atom. The van der Waals surface area contributed by atoms with Crippen molar-refractivity contribution >= 4 is 40.0 Å². The van der Waals surface area contributed by atoms with Crippen molar-refractivity contribution in [3.8, 4) is 17.1 Å². The van der Waals surface area contributed by atoms with Crippen LogP contribution in [0.3, 0.4) is 0 Å². The van der Waals surface area contributed by atoms with Crippen LogP contribution in [-0.4, -0.2) is 23.6 Å². The van der Waals surface area contributed by atoms with Crippen LogP contribution in [0.15, 0.2) is 24.4 Å². The first kappa shape index (κ1) is 14.3. The lowest BCUT2D eigenvalue weighted by Crippen LogP contribution is -2.04. The summed E-state index contributed by atoms with van der Waals surface area (Å²) in [6, 6.07) is 5.41. The maximum atomic E-state index is 5.95. The minimum Gasteiger partial charge on any atom is -0.496 e. The molecular formula is C13H13ClIN3O. The van der Waals surface area contributed by atoms with Gasteiger partial charge < -0.3 is 10.1 Å². The number of benzene rings is 1. The molecule has 0 saturated carbocycles. The summed E-state index contributed by atoms with van der Waals surface area (Å²) in [4.78, 5) is 8.87. The molecule has 2 rings (SSSR count). The first-order valence-corrected chi connectivity index (χ1v) is 7.21. The monoisotopic (exact) mass is 389 g/mol. The van der Waals surface area contributed by atoms with Crippen molar-refractivity contribution in [2.75, 3.05) is 19.0 Å². The molecule has 100 valence electrons. The van der Waals surface area contributed by atoms with Crippen LogP contribution in [0.4, 0.5) is 5.82 Å². The highest BCUT2D eigenvalue weighted by molar-refractivity contribution is 14.1. The number of aromatic nitrogens is 2. The number of halogens is 2. The van der Waals surface area contributed by atoms with Gasteiger partial charge in [0.1, 0.15) is 11.6 Å². The molecule has 1 heterocycles. The Morgan fingerprint density at radius 1 is 1.42 bits per heavy atom. The third-order valence-electron chi connectivity index (χ3n) is 2.49. The lowest BCUT2D eigenvalue weighted by Gasteiger charge is -2.10. The minimum atomic E-state index is 0.616. The van der Waals surface area contributed by atoms with E-state index in [4.69, 9.17) is 16.3 Å². The average molecular weight is 390 g/mol. The van der Waals surface area contributed by atoms with E-state index in [1.54, 1.807) is 25.4 Å². The van der Waals surface area contributed by atoms with Crippen molar-refractivity contribution in [3.05, 3.63) is 33.0 Å². The van der Waals surface area contributed by atoms with E-state index >= 15 is 0 Å². The number of nitrogens with one attached hydrogen (secondary N) is 1. The van der Waals surface area contributed by atoms with E-state index in [1.807, 2.05) is 13.0 Å². The second kappa shape index (κ2) is 6.38. The van der Waals surface area contributed by atoms with Crippen LogP contribution in [0, 0.1) is 3.57 Å². The molecule has 0 spiro atoms. The molecule has 1 aromatic heterocycles. The number of hydrogen-bond acceptors (Lipinski definition) is 4. The van der Waals surface area contributed by atoms with E-state index in [-0.39, 0.29) is 0 Å². The predicted molar refractivity (Wildman–Crippen MR) is 85.9 cm³/mol. The van der Waals surface area contributed by atoms with Crippen LogP contribution in [0.1, 0.15) is 6.92 Å². The average Bonchev–Trinajstić information content (AvgIpc) is 2.41. The lowest BCUT2D eigenvalue weighted by molar-refractivity contribution is 0.416. The van der Waals surface area contributed by atoms with Gasteiger partial charge in [-0.1, -0.05) is 11.6 Å². The van der Waals surface area contributed by atoms with Crippen molar-refractivity contribution in [3.63, 3.8) is 0 Å². The molecule has 1 N–H and O–H groups in total. The summed E-state index contributed by atoms with van der Waals surface area (Å²) in [6.07, 6.45) is 1.79. The Kier molecular flexibility index (Phi) is 4.81. The fourth-order valence-electron chi connectivity index (χ4n) is 1.64. The molecule has 4 nitrogen and oxygen atoms in total. The molecular weight excluding hydrogens is 377 g/mol. The standard InChI is InChI=1S/C13H13ClIN3O/c1-3-16-13-10(15)7-17-12(18-13)9-5-4-8(14)6-11(9)19-2/h4-7H,3H2,1-2H3,(H,16,17,18). The van der Waals surface area contributed by atoms with Gasteiger partial charge in [-0.05, 0) is 47.7 Å². The Hall–Kier alpha value is -1.08. The maximum absolute atomic E-state index is 5.95. The number of hydrogen-bond donors (Lipinski definition) is 1. The summed E-state index contributed by atoms with van der Waals surface area (Å²) in [6.45, 7) is 2.84. The second-order valence-electron chi connectivity index (χ2n) is 3.77. The molecule has 0 radical (unpaired) electrons. The molecule has 19 heavy (non-hydrogen) atoms. The van der Waals surface area contributed by atoms with Gasteiger partial charge in [0.2, 0.25) is 0 Å². The van der Waals surface area contributed by atoms with E-state index in [2.05, 4.69) is 37.9 Å². The molecule has 0 amide bonds. The van der Waals surface area contributed by atoms with Gasteiger partial charge in [0.05, 0.1) is 16.2 Å². The van der Waals surface area contributed by atoms with Gasteiger partial charge in [-0.2, -0.15) is 0 Å². The summed E-state index contributed by atoms with van der Waals surface area (Å²) in [5, 5.41) is 3.83. The summed E-state index contributed by atoms with van der Waals surface area (Å²) in [5.41, 5.74) is 0.822. The van der Waals surface area contributed by atoms with Crippen molar-refractivity contribution in [1.82, 2.24) is 9.97 Å². The van der Waals surface area contributed by atoms with Gasteiger partial charge in [-0.25, -0.2) is 9.97 Å². The first-order valence-electron chi connectivity index (χ1n) is 5.76. The summed E-state index contributed by atoms with van der Waals surface area (Å²) in [7, 11) is 1.60. The van der Waals surface area contributed by atoms with E-state index in [0.717, 1.165) is 21.5 Å². The smallest absolute Gasteiger partial charge is 0.165 e. The van der Waals surface area contributed by atoms with Gasteiger partial charge in [-0.15, -0.1) is 0 Å². The molecule has 0 unspecified atom stereocenters. The topological polar surface area (TPSA) is 47.0 Å². The molecule has 0 bridgehead atoms. The van der Waals surface area contributed by atoms with Gasteiger partial charge in [0.25, 0.3) is 0 Å². The highest BCUT2D eigenvalue weighted by Gasteiger charge is 2.11. The zero-order valence-corrected chi connectivity index (χ0v) is 13.5. The lowest BCUT2D eigenvalue weighted by atomic mass is 10.2. The fourth-order valence-corrected chi connectivity index (χ4v) is 2.25. The molecule has 0 atom stereocenters. The Morgan fingerprint density at radius 2 is 2.21 bits per heavy atom. The summed E-state index contributed by atoms with van der Waals surface area (Å²) in [5.74, 6) is 2.10. The Balaban J connectivity index is 2.49. The highest BCUT2D eigenvalue weighted by Crippen LogP contribution is 2.31. The number of ether oxygens (including phenoxy) is 1. The van der Waals surface area contributed by atoms with Gasteiger partial charge in [0, 0.05) is 17.8 Å². The van der Waals surface area contributed by atoms with E-state index < -0.39 is 0 Å². The number of rotatable bonds is 4. The van der Waals surface area contributed by atoms with E-state index in [9.17, 15) is 0 Å². The molecule has 0 saturated heterocycles. The molecule has 1 aromatic carbocycles. The van der Waals surface area contributed by atoms with Crippen LogP contribution < -0.4 is 10.1 Å². The highest BCUT2D eigenvalue weighted by atomic mass is 127. The van der Waals surface area contributed by atoms with Crippen LogP contribution in [-0.2, 0) is 0 Å². The first-order chi connectivity index (χ1) is 9.15. The molecule has 0 aliphatic rings. The number of nitrogens with zero attached hydrogens (tertiary/aromatic N) is 2. The molecule has 0 aliphatic heterocycles. The minimum absolute atomic E-state index is 0.616. The molecule has 2 aromatic rings. The quantitative estimate of drug-likeness (QED) is 0.807. The normalized spacial score (nSPS) is 10.3. The van der Waals surface area contributed by atoms with Crippen molar-refractivity contribution in [2.24, 2.45) is 0 Å². The Labute approximate surface area is 130 Å². The van der Waals surface area contributed by atoms with Crippen LogP contribution >= 0.6 is 34.2 Å². The second-order valence-corrected chi connectivity index (χ2v) is 5.36. The largest absolute Gasteiger partial charge is 0.496 e. The zero-order valence-electron chi connectivity index (χ0n) is 10.6. The maximum Gasteiger partial charge on any atom is 0.165 e. The van der Waals surface area contributed by atoms with Gasteiger partial charge in [-0.3, -0.25) is 0 Å². The third-order valence-corrected chi connectivity index (χ3v) is 3.52. The summed E-state index contributed by atoms with van der Waals surface area (Å²) >= 11 is 8.16. The molecule has 0 aliphatic carbocycles. The SMILES string of the molecule is CCNc1nc(-c2ccc(Cl)cc2OC)ncc1I. The van der Waals surface area contributed by atoms with Crippen LogP contribution in [0.5, 0.6) is 5.75 Å². The van der Waals surface area contributed by atoms with Crippen molar-refractivity contribution in [2.45, 2.75) is 6.92 Å². The van der Waals surface area contributed by atoms with E-state index in [1.165, 1.54) is 0 Å². The van der Waals surface area contributed by atoms with Gasteiger partial charge in [0.15, 0.2) is 5.82 Å². The summed E-state index contributed by atoms with van der Waals surface area (Å²) < 4.78 is 6.31. The zero-order chi connectivity index (χ0) is 13.8. The third kappa shape index (κ3) is 3.27. The molecule has 0 fully saturated rings. The fraction of sp³-hybridized carbons (Fsp3) is 0.231. The number of methoxy groups -OCH3 is 1. The van der Waals surface area contributed by atoms with Gasteiger partial charge >= 0.3 is 0 Å². The van der Waals surface area contributed by atoms with Crippen molar-refractivity contribution in [1.29, 1.82) is 0 Å². The Bertz CT molecular complexity index is 592.